The van der Waals surface area contributed by atoms with Gasteiger partial charge in [0.15, 0.2) is 0 Å². The van der Waals surface area contributed by atoms with Crippen LogP contribution in [0.4, 0.5) is 0 Å². The fourth-order valence-electron chi connectivity index (χ4n) is 2.57. The van der Waals surface area contributed by atoms with Gasteiger partial charge in [-0.05, 0) is 40.5 Å². The van der Waals surface area contributed by atoms with Crippen LogP contribution in [-0.2, 0) is 11.4 Å². The second kappa shape index (κ2) is 7.97. The molecule has 0 bridgehead atoms. The number of hydrogen-bond acceptors (Lipinski definition) is 2. The highest BCUT2D eigenvalue weighted by Gasteiger charge is 2.04. The van der Waals surface area contributed by atoms with E-state index in [9.17, 15) is 4.79 Å². The zero-order chi connectivity index (χ0) is 17.5. The largest absolute Gasteiger partial charge is 0.489 e. The number of hydrogen-bond donors (Lipinski definition) is 1. The fourth-order valence-corrected chi connectivity index (χ4v) is 2.57. The Kier molecular flexibility index (Phi) is 5.27. The van der Waals surface area contributed by atoms with Crippen molar-refractivity contribution in [2.45, 2.75) is 6.61 Å². The molecule has 0 atom stereocenters. The lowest BCUT2D eigenvalue weighted by Gasteiger charge is -2.10. The first kappa shape index (κ1) is 16.5. The van der Waals surface area contributed by atoms with Gasteiger partial charge in [-0.1, -0.05) is 66.7 Å². The molecule has 3 heteroatoms. The van der Waals surface area contributed by atoms with E-state index < -0.39 is 5.91 Å². The standard InChI is InChI=1S/C22H19NO2/c23-22(24)14-13-18-9-4-5-12-21(18)19-10-6-11-20(15-19)25-16-17-7-2-1-3-8-17/h1-15H,16H2,(H2,23,24)/b14-13+. The third-order valence-electron chi connectivity index (χ3n) is 3.78. The van der Waals surface area contributed by atoms with Crippen molar-refractivity contribution in [1.82, 2.24) is 0 Å². The molecule has 0 unspecified atom stereocenters. The molecule has 124 valence electrons. The Labute approximate surface area is 147 Å². The summed E-state index contributed by atoms with van der Waals surface area (Å²) in [5.41, 5.74) is 9.30. The molecule has 3 aromatic rings. The van der Waals surface area contributed by atoms with Crippen LogP contribution in [0.3, 0.4) is 0 Å². The molecule has 3 rings (SSSR count). The Balaban J connectivity index is 1.83. The zero-order valence-corrected chi connectivity index (χ0v) is 13.8. The SMILES string of the molecule is NC(=O)/C=C/c1ccccc1-c1cccc(OCc2ccccc2)c1. The predicted molar refractivity (Wildman–Crippen MR) is 101 cm³/mol. The van der Waals surface area contributed by atoms with Crippen molar-refractivity contribution in [2.75, 3.05) is 0 Å². The first-order valence-electron chi connectivity index (χ1n) is 8.06. The van der Waals surface area contributed by atoms with Gasteiger partial charge in [0.05, 0.1) is 0 Å². The maximum atomic E-state index is 11.0. The van der Waals surface area contributed by atoms with E-state index in [0.29, 0.717) is 6.61 Å². The lowest BCUT2D eigenvalue weighted by molar-refractivity contribution is -0.113. The molecule has 25 heavy (non-hydrogen) atoms. The molecule has 3 nitrogen and oxygen atoms in total. The molecule has 0 aliphatic carbocycles. The highest BCUT2D eigenvalue weighted by Crippen LogP contribution is 2.28. The van der Waals surface area contributed by atoms with Crippen LogP contribution >= 0.6 is 0 Å². The van der Waals surface area contributed by atoms with Crippen LogP contribution in [-0.4, -0.2) is 5.91 Å². The van der Waals surface area contributed by atoms with E-state index in [1.165, 1.54) is 6.08 Å². The summed E-state index contributed by atoms with van der Waals surface area (Å²) >= 11 is 0. The van der Waals surface area contributed by atoms with Gasteiger partial charge in [-0.15, -0.1) is 0 Å². The van der Waals surface area contributed by atoms with E-state index >= 15 is 0 Å². The van der Waals surface area contributed by atoms with E-state index in [1.807, 2.05) is 78.9 Å². The molecule has 2 N–H and O–H groups in total. The summed E-state index contributed by atoms with van der Waals surface area (Å²) in [6, 6.07) is 25.8. The maximum absolute atomic E-state index is 11.0. The minimum absolute atomic E-state index is 0.463. The quantitative estimate of drug-likeness (QED) is 0.680. The molecule has 1 amide bonds. The zero-order valence-electron chi connectivity index (χ0n) is 13.8. The topological polar surface area (TPSA) is 52.3 Å². The third-order valence-corrected chi connectivity index (χ3v) is 3.78. The molecule has 0 aliphatic rings. The van der Waals surface area contributed by atoms with Crippen LogP contribution < -0.4 is 10.5 Å². The Hall–Kier alpha value is -3.33. The molecule has 0 heterocycles. The van der Waals surface area contributed by atoms with Crippen LogP contribution in [0.5, 0.6) is 5.75 Å². The molecular formula is C22H19NO2. The van der Waals surface area contributed by atoms with Gasteiger partial charge in [-0.2, -0.15) is 0 Å². The average molecular weight is 329 g/mol. The number of carbonyl (C=O) groups excluding carboxylic acids is 1. The van der Waals surface area contributed by atoms with Crippen LogP contribution in [0, 0.1) is 0 Å². The highest BCUT2D eigenvalue weighted by molar-refractivity contribution is 5.91. The molecule has 0 saturated heterocycles. The van der Waals surface area contributed by atoms with Gasteiger partial charge >= 0.3 is 0 Å². The van der Waals surface area contributed by atoms with E-state index in [4.69, 9.17) is 10.5 Å². The van der Waals surface area contributed by atoms with Crippen molar-refractivity contribution in [3.8, 4) is 16.9 Å². The molecule has 0 spiro atoms. The normalized spacial score (nSPS) is 10.7. The van der Waals surface area contributed by atoms with Crippen molar-refractivity contribution in [1.29, 1.82) is 0 Å². The fraction of sp³-hybridized carbons (Fsp3) is 0.0455. The Morgan fingerprint density at radius 3 is 2.48 bits per heavy atom. The van der Waals surface area contributed by atoms with Crippen molar-refractivity contribution in [3.63, 3.8) is 0 Å². The number of carbonyl (C=O) groups is 1. The van der Waals surface area contributed by atoms with Crippen LogP contribution in [0.25, 0.3) is 17.2 Å². The summed E-state index contributed by atoms with van der Waals surface area (Å²) in [5, 5.41) is 0. The van der Waals surface area contributed by atoms with Crippen molar-refractivity contribution in [2.24, 2.45) is 5.73 Å². The second-order valence-corrected chi connectivity index (χ2v) is 5.63. The van der Waals surface area contributed by atoms with E-state index in [1.54, 1.807) is 6.08 Å². The summed E-state index contributed by atoms with van der Waals surface area (Å²) in [6.45, 7) is 0.521. The smallest absolute Gasteiger partial charge is 0.241 e. The van der Waals surface area contributed by atoms with E-state index in [2.05, 4.69) is 0 Å². The van der Waals surface area contributed by atoms with Gasteiger partial charge in [0.25, 0.3) is 0 Å². The minimum Gasteiger partial charge on any atom is -0.489 e. The minimum atomic E-state index is -0.463. The summed E-state index contributed by atoms with van der Waals surface area (Å²) < 4.78 is 5.90. The Morgan fingerprint density at radius 2 is 1.68 bits per heavy atom. The van der Waals surface area contributed by atoms with E-state index in [-0.39, 0.29) is 0 Å². The molecule has 0 saturated carbocycles. The third kappa shape index (κ3) is 4.58. The predicted octanol–water partition coefficient (Wildman–Crippen LogP) is 4.43. The van der Waals surface area contributed by atoms with Gasteiger partial charge < -0.3 is 10.5 Å². The van der Waals surface area contributed by atoms with Gasteiger partial charge in [0.2, 0.25) is 5.91 Å². The molecule has 0 aliphatic heterocycles. The van der Waals surface area contributed by atoms with Crippen molar-refractivity contribution >= 4 is 12.0 Å². The van der Waals surface area contributed by atoms with Crippen LogP contribution in [0.1, 0.15) is 11.1 Å². The van der Waals surface area contributed by atoms with Crippen molar-refractivity contribution < 1.29 is 9.53 Å². The monoisotopic (exact) mass is 329 g/mol. The molecule has 0 aromatic heterocycles. The number of nitrogens with two attached hydrogens (primary N) is 1. The van der Waals surface area contributed by atoms with Crippen molar-refractivity contribution in [3.05, 3.63) is 96.1 Å². The number of rotatable bonds is 6. The maximum Gasteiger partial charge on any atom is 0.241 e. The summed E-state index contributed by atoms with van der Waals surface area (Å²) in [7, 11) is 0. The summed E-state index contributed by atoms with van der Waals surface area (Å²) in [6.07, 6.45) is 3.10. The van der Waals surface area contributed by atoms with Gasteiger partial charge in [-0.3, -0.25) is 4.79 Å². The molecule has 3 aromatic carbocycles. The number of primary amides is 1. The first-order valence-corrected chi connectivity index (χ1v) is 8.06. The van der Waals surface area contributed by atoms with Gasteiger partial charge in [0, 0.05) is 6.08 Å². The second-order valence-electron chi connectivity index (χ2n) is 5.63. The van der Waals surface area contributed by atoms with Crippen LogP contribution in [0.15, 0.2) is 84.9 Å². The number of amides is 1. The van der Waals surface area contributed by atoms with E-state index in [0.717, 1.165) is 28.0 Å². The lowest BCUT2D eigenvalue weighted by Crippen LogP contribution is -2.05. The van der Waals surface area contributed by atoms with Gasteiger partial charge in [-0.25, -0.2) is 0 Å². The molecule has 0 fully saturated rings. The van der Waals surface area contributed by atoms with Gasteiger partial charge in [0.1, 0.15) is 12.4 Å². The first-order chi connectivity index (χ1) is 12.2. The summed E-state index contributed by atoms with van der Waals surface area (Å²) in [5.74, 6) is 0.338. The molecular weight excluding hydrogens is 310 g/mol. The highest BCUT2D eigenvalue weighted by atomic mass is 16.5. The number of ether oxygens (including phenoxy) is 1. The summed E-state index contributed by atoms with van der Waals surface area (Å²) in [4.78, 5) is 11.0. The Bertz CT molecular complexity index is 885. The number of benzene rings is 3. The average Bonchev–Trinajstić information content (AvgIpc) is 2.66. The van der Waals surface area contributed by atoms with Crippen LogP contribution in [0.2, 0.25) is 0 Å². The Morgan fingerprint density at radius 1 is 0.920 bits per heavy atom. The lowest BCUT2D eigenvalue weighted by atomic mass is 9.99. The molecule has 0 radical (unpaired) electrons.